The number of carbonyl (C=O) groups is 2. The zero-order valence-corrected chi connectivity index (χ0v) is 18.4. The predicted molar refractivity (Wildman–Crippen MR) is 117 cm³/mol. The zero-order chi connectivity index (χ0) is 20.3. The van der Waals surface area contributed by atoms with E-state index in [4.69, 9.17) is 11.6 Å². The van der Waals surface area contributed by atoms with Gasteiger partial charge in [-0.1, -0.05) is 39.3 Å². The van der Waals surface area contributed by atoms with E-state index in [1.54, 1.807) is 23.6 Å². The maximum absolute atomic E-state index is 12.3. The number of amides is 1. The molecule has 3 rings (SSSR count). The molecule has 0 atom stereocenters. The molecular weight excluding hydrogens is 462 g/mol. The van der Waals surface area contributed by atoms with Crippen LogP contribution in [0.25, 0.3) is 5.69 Å². The summed E-state index contributed by atoms with van der Waals surface area (Å²) in [6.07, 6.45) is 0. The first-order valence-electron chi connectivity index (χ1n) is 8.39. The Labute approximate surface area is 180 Å². The molecular formula is C20H17BrClN3O2S. The highest BCUT2D eigenvalue weighted by molar-refractivity contribution is 9.10. The summed E-state index contributed by atoms with van der Waals surface area (Å²) in [4.78, 5) is 29.0. The number of anilines is 1. The zero-order valence-electron chi connectivity index (χ0n) is 15.2. The number of carbonyl (C=O) groups excluding carboxylic acids is 2. The SMILES string of the molecule is CC(=O)c1c(C)nc(SCC(=O)Nc2ccc(Br)cc2)n1-c1ccc(Cl)cc1. The van der Waals surface area contributed by atoms with Gasteiger partial charge in [0.25, 0.3) is 0 Å². The van der Waals surface area contributed by atoms with Crippen LogP contribution in [0.15, 0.2) is 58.2 Å². The summed E-state index contributed by atoms with van der Waals surface area (Å²) in [5, 5.41) is 4.03. The van der Waals surface area contributed by atoms with Crippen molar-refractivity contribution >= 4 is 56.7 Å². The van der Waals surface area contributed by atoms with Crippen LogP contribution in [-0.2, 0) is 4.79 Å². The van der Waals surface area contributed by atoms with Crippen molar-refractivity contribution in [2.75, 3.05) is 11.1 Å². The highest BCUT2D eigenvalue weighted by Gasteiger charge is 2.20. The van der Waals surface area contributed by atoms with E-state index in [0.717, 1.165) is 15.8 Å². The molecule has 1 heterocycles. The van der Waals surface area contributed by atoms with Crippen molar-refractivity contribution in [2.24, 2.45) is 0 Å². The predicted octanol–water partition coefficient (Wildman–Crippen LogP) is 5.53. The Morgan fingerprint density at radius 2 is 1.79 bits per heavy atom. The van der Waals surface area contributed by atoms with E-state index < -0.39 is 0 Å². The lowest BCUT2D eigenvalue weighted by molar-refractivity contribution is -0.113. The molecule has 0 fully saturated rings. The molecule has 8 heteroatoms. The molecule has 0 bridgehead atoms. The number of ketones is 1. The minimum Gasteiger partial charge on any atom is -0.325 e. The second kappa shape index (κ2) is 8.94. The van der Waals surface area contributed by atoms with Crippen molar-refractivity contribution in [1.29, 1.82) is 0 Å². The maximum Gasteiger partial charge on any atom is 0.234 e. The van der Waals surface area contributed by atoms with Crippen LogP contribution in [0, 0.1) is 6.92 Å². The van der Waals surface area contributed by atoms with Crippen LogP contribution < -0.4 is 5.32 Å². The number of nitrogens with one attached hydrogen (secondary N) is 1. The molecule has 0 radical (unpaired) electrons. The topological polar surface area (TPSA) is 64.0 Å². The quantitative estimate of drug-likeness (QED) is 0.374. The molecule has 1 N–H and O–H groups in total. The van der Waals surface area contributed by atoms with Crippen LogP contribution in [-0.4, -0.2) is 27.0 Å². The van der Waals surface area contributed by atoms with Crippen molar-refractivity contribution in [3.8, 4) is 5.69 Å². The monoisotopic (exact) mass is 477 g/mol. The van der Waals surface area contributed by atoms with Gasteiger partial charge in [-0.15, -0.1) is 0 Å². The number of Topliss-reactive ketones (excluding diaryl/α,β-unsaturated/α-hetero) is 1. The average Bonchev–Trinajstić information content (AvgIpc) is 2.99. The van der Waals surface area contributed by atoms with Crippen LogP contribution in [0.3, 0.4) is 0 Å². The second-order valence-corrected chi connectivity index (χ2v) is 8.33. The molecule has 0 aliphatic rings. The Bertz CT molecular complexity index is 1020. The molecule has 144 valence electrons. The number of hydrogen-bond acceptors (Lipinski definition) is 4. The Balaban J connectivity index is 1.82. The van der Waals surface area contributed by atoms with E-state index in [1.807, 2.05) is 36.4 Å². The Morgan fingerprint density at radius 3 is 2.39 bits per heavy atom. The summed E-state index contributed by atoms with van der Waals surface area (Å²) >= 11 is 10.6. The van der Waals surface area contributed by atoms with Crippen LogP contribution in [0.5, 0.6) is 0 Å². The maximum atomic E-state index is 12.3. The number of thioether (sulfide) groups is 1. The van der Waals surface area contributed by atoms with Crippen LogP contribution >= 0.6 is 39.3 Å². The van der Waals surface area contributed by atoms with Crippen molar-refractivity contribution < 1.29 is 9.59 Å². The van der Waals surface area contributed by atoms with Gasteiger partial charge in [-0.05, 0) is 55.5 Å². The summed E-state index contributed by atoms with van der Waals surface area (Å²) in [6, 6.07) is 14.5. The third kappa shape index (κ3) is 4.84. The van der Waals surface area contributed by atoms with Gasteiger partial charge < -0.3 is 5.32 Å². The smallest absolute Gasteiger partial charge is 0.234 e. The highest BCUT2D eigenvalue weighted by Crippen LogP contribution is 2.27. The molecule has 0 aliphatic carbocycles. The number of aromatic nitrogens is 2. The Kier molecular flexibility index (Phi) is 6.59. The summed E-state index contributed by atoms with van der Waals surface area (Å²) in [5.74, 6) is -0.0802. The summed E-state index contributed by atoms with van der Waals surface area (Å²) in [5.41, 5.74) is 2.61. The fraction of sp³-hybridized carbons (Fsp3) is 0.150. The van der Waals surface area contributed by atoms with E-state index in [0.29, 0.717) is 21.6 Å². The molecule has 0 aliphatic heterocycles. The minimum atomic E-state index is -0.153. The fourth-order valence-corrected chi connectivity index (χ4v) is 3.95. The molecule has 1 amide bonds. The summed E-state index contributed by atoms with van der Waals surface area (Å²) in [7, 11) is 0. The fourth-order valence-electron chi connectivity index (χ4n) is 2.70. The minimum absolute atomic E-state index is 0.0916. The molecule has 3 aromatic rings. The Morgan fingerprint density at radius 1 is 1.14 bits per heavy atom. The third-order valence-corrected chi connectivity index (χ3v) is 5.62. The van der Waals surface area contributed by atoms with Crippen LogP contribution in [0.4, 0.5) is 5.69 Å². The number of rotatable bonds is 6. The third-order valence-electron chi connectivity index (χ3n) is 3.90. The van der Waals surface area contributed by atoms with Crippen molar-refractivity contribution in [2.45, 2.75) is 19.0 Å². The van der Waals surface area contributed by atoms with Gasteiger partial charge in [0, 0.05) is 27.8 Å². The molecule has 0 saturated carbocycles. The van der Waals surface area contributed by atoms with Crippen LogP contribution in [0.2, 0.25) is 5.02 Å². The van der Waals surface area contributed by atoms with E-state index in [-0.39, 0.29) is 17.4 Å². The molecule has 28 heavy (non-hydrogen) atoms. The van der Waals surface area contributed by atoms with Crippen molar-refractivity contribution in [1.82, 2.24) is 9.55 Å². The van der Waals surface area contributed by atoms with Gasteiger partial charge in [0.2, 0.25) is 5.91 Å². The molecule has 1 aromatic heterocycles. The first-order chi connectivity index (χ1) is 13.3. The molecule has 2 aromatic carbocycles. The van der Waals surface area contributed by atoms with Gasteiger partial charge in [0.05, 0.1) is 11.4 Å². The lowest BCUT2D eigenvalue weighted by Gasteiger charge is -2.11. The van der Waals surface area contributed by atoms with Gasteiger partial charge in [0.1, 0.15) is 5.69 Å². The van der Waals surface area contributed by atoms with E-state index in [2.05, 4.69) is 26.2 Å². The summed E-state index contributed by atoms with van der Waals surface area (Å²) < 4.78 is 2.71. The van der Waals surface area contributed by atoms with E-state index in [9.17, 15) is 9.59 Å². The Hall–Kier alpha value is -2.09. The normalized spacial score (nSPS) is 10.7. The van der Waals surface area contributed by atoms with Crippen molar-refractivity contribution in [3.05, 3.63) is 69.4 Å². The molecule has 0 saturated heterocycles. The number of benzene rings is 2. The first-order valence-corrected chi connectivity index (χ1v) is 10.5. The highest BCUT2D eigenvalue weighted by atomic mass is 79.9. The summed E-state index contributed by atoms with van der Waals surface area (Å²) in [6.45, 7) is 3.29. The number of imidazole rings is 1. The average molecular weight is 479 g/mol. The lowest BCUT2D eigenvalue weighted by atomic mass is 10.2. The van der Waals surface area contributed by atoms with Gasteiger partial charge >= 0.3 is 0 Å². The molecule has 0 unspecified atom stereocenters. The van der Waals surface area contributed by atoms with Gasteiger partial charge in [0.15, 0.2) is 10.9 Å². The van der Waals surface area contributed by atoms with E-state index >= 15 is 0 Å². The van der Waals surface area contributed by atoms with Gasteiger partial charge in [-0.25, -0.2) is 4.98 Å². The van der Waals surface area contributed by atoms with E-state index in [1.165, 1.54) is 18.7 Å². The number of hydrogen-bond donors (Lipinski definition) is 1. The number of halogens is 2. The lowest BCUT2D eigenvalue weighted by Crippen LogP contribution is -2.14. The van der Waals surface area contributed by atoms with Crippen LogP contribution in [0.1, 0.15) is 23.1 Å². The van der Waals surface area contributed by atoms with Gasteiger partial charge in [-0.2, -0.15) is 0 Å². The molecule has 5 nitrogen and oxygen atoms in total. The second-order valence-electron chi connectivity index (χ2n) is 6.04. The number of nitrogens with zero attached hydrogens (tertiary/aromatic N) is 2. The van der Waals surface area contributed by atoms with Crippen molar-refractivity contribution in [3.63, 3.8) is 0 Å². The standard InChI is InChI=1S/C20H17BrClN3O2S/c1-12-19(13(2)26)25(17-9-5-15(22)6-10-17)20(23-12)28-11-18(27)24-16-7-3-14(21)4-8-16/h3-10H,11H2,1-2H3,(H,24,27). The first kappa shape index (κ1) is 20.6. The van der Waals surface area contributed by atoms with Gasteiger partial charge in [-0.3, -0.25) is 14.2 Å². The largest absolute Gasteiger partial charge is 0.325 e. The molecule has 0 spiro atoms. The number of aryl methyl sites for hydroxylation is 1.